The molecule has 1 aliphatic heterocycles. The van der Waals surface area contributed by atoms with Gasteiger partial charge < -0.3 is 9.88 Å². The second-order valence-electron chi connectivity index (χ2n) is 6.05. The first-order valence-electron chi connectivity index (χ1n) is 7.60. The lowest BCUT2D eigenvalue weighted by molar-refractivity contribution is 0.318. The normalized spacial score (nSPS) is 15.0. The third-order valence-electron chi connectivity index (χ3n) is 4.44. The number of thiophene rings is 1. The molecule has 3 aromatic rings. The van der Waals surface area contributed by atoms with Gasteiger partial charge in [0.05, 0.1) is 11.1 Å². The van der Waals surface area contributed by atoms with Crippen LogP contribution in [0.25, 0.3) is 15.9 Å². The van der Waals surface area contributed by atoms with Gasteiger partial charge in [-0.25, -0.2) is 0 Å². The lowest BCUT2D eigenvalue weighted by Gasteiger charge is -2.21. The van der Waals surface area contributed by atoms with E-state index < -0.39 is 0 Å². The molecule has 1 N–H and O–H groups in total. The molecule has 23 heavy (non-hydrogen) atoms. The van der Waals surface area contributed by atoms with Crippen LogP contribution < -0.4 is 5.56 Å². The number of aryl methyl sites for hydroxylation is 1. The van der Waals surface area contributed by atoms with Crippen molar-refractivity contribution in [3.8, 4) is 5.69 Å². The van der Waals surface area contributed by atoms with E-state index in [1.165, 1.54) is 10.4 Å². The standard InChI is InChI=1S/C17H17N3OS2/c1-10-5-3-4-6-12(10)20-16(21)14-11-7-8-19(2)9-13(11)23-15(14)18-17(20)22/h3-6H,7-9H2,1-2H3,(H,18,22). The highest BCUT2D eigenvalue weighted by atomic mass is 32.1. The maximum atomic E-state index is 13.2. The van der Waals surface area contributed by atoms with E-state index in [9.17, 15) is 4.79 Å². The molecule has 0 saturated heterocycles. The third-order valence-corrected chi connectivity index (χ3v) is 5.86. The Hall–Kier alpha value is -1.76. The van der Waals surface area contributed by atoms with Crippen LogP contribution in [0.3, 0.4) is 0 Å². The van der Waals surface area contributed by atoms with Gasteiger partial charge in [0.25, 0.3) is 5.56 Å². The highest BCUT2D eigenvalue weighted by Gasteiger charge is 2.22. The van der Waals surface area contributed by atoms with E-state index in [0.29, 0.717) is 4.77 Å². The van der Waals surface area contributed by atoms with Crippen molar-refractivity contribution in [3.05, 3.63) is 55.4 Å². The van der Waals surface area contributed by atoms with Crippen molar-refractivity contribution in [2.75, 3.05) is 13.6 Å². The number of hydrogen-bond acceptors (Lipinski definition) is 4. The average Bonchev–Trinajstić information content (AvgIpc) is 2.86. The van der Waals surface area contributed by atoms with Crippen molar-refractivity contribution in [2.24, 2.45) is 0 Å². The first-order chi connectivity index (χ1) is 11.1. The fourth-order valence-electron chi connectivity index (χ4n) is 3.24. The number of rotatable bonds is 1. The molecule has 2 aromatic heterocycles. The monoisotopic (exact) mass is 343 g/mol. The summed E-state index contributed by atoms with van der Waals surface area (Å²) in [5.74, 6) is 0. The van der Waals surface area contributed by atoms with Gasteiger partial charge in [0, 0.05) is 18.0 Å². The molecule has 4 nitrogen and oxygen atoms in total. The van der Waals surface area contributed by atoms with Crippen molar-refractivity contribution >= 4 is 33.8 Å². The van der Waals surface area contributed by atoms with Crippen molar-refractivity contribution in [1.29, 1.82) is 0 Å². The molecule has 1 aliphatic rings. The van der Waals surface area contributed by atoms with Gasteiger partial charge in [-0.3, -0.25) is 9.36 Å². The van der Waals surface area contributed by atoms with Crippen LogP contribution in [0.2, 0.25) is 0 Å². The molecule has 0 bridgehead atoms. The molecule has 0 atom stereocenters. The van der Waals surface area contributed by atoms with E-state index >= 15 is 0 Å². The molecule has 118 valence electrons. The summed E-state index contributed by atoms with van der Waals surface area (Å²) < 4.78 is 2.10. The molecular weight excluding hydrogens is 326 g/mol. The topological polar surface area (TPSA) is 41.0 Å². The van der Waals surface area contributed by atoms with E-state index in [1.54, 1.807) is 15.9 Å². The molecule has 3 heterocycles. The molecule has 4 rings (SSSR count). The first kappa shape index (κ1) is 14.8. The van der Waals surface area contributed by atoms with Gasteiger partial charge in [-0.05, 0) is 49.8 Å². The van der Waals surface area contributed by atoms with Crippen LogP contribution >= 0.6 is 23.6 Å². The van der Waals surface area contributed by atoms with Gasteiger partial charge in [0.2, 0.25) is 0 Å². The average molecular weight is 343 g/mol. The SMILES string of the molecule is Cc1ccccc1-n1c(=S)[nH]c2sc3c(c2c1=O)CCN(C)C3. The molecule has 0 fully saturated rings. The van der Waals surface area contributed by atoms with Crippen molar-refractivity contribution in [1.82, 2.24) is 14.5 Å². The zero-order chi connectivity index (χ0) is 16.1. The summed E-state index contributed by atoms with van der Waals surface area (Å²) in [6.45, 7) is 3.89. The van der Waals surface area contributed by atoms with Crippen LogP contribution in [0.15, 0.2) is 29.1 Å². The zero-order valence-electron chi connectivity index (χ0n) is 13.0. The summed E-state index contributed by atoms with van der Waals surface area (Å²) in [7, 11) is 2.11. The second-order valence-corrected chi connectivity index (χ2v) is 7.54. The van der Waals surface area contributed by atoms with Crippen molar-refractivity contribution < 1.29 is 0 Å². The minimum absolute atomic E-state index is 0.0000954. The second kappa shape index (κ2) is 5.40. The van der Waals surface area contributed by atoms with Crippen LogP contribution in [0.5, 0.6) is 0 Å². The fourth-order valence-corrected chi connectivity index (χ4v) is 4.90. The Morgan fingerprint density at radius 2 is 2.09 bits per heavy atom. The first-order valence-corrected chi connectivity index (χ1v) is 8.83. The molecule has 0 radical (unpaired) electrons. The number of para-hydroxylation sites is 1. The van der Waals surface area contributed by atoms with Gasteiger partial charge in [-0.2, -0.15) is 0 Å². The third kappa shape index (κ3) is 2.29. The maximum absolute atomic E-state index is 13.2. The largest absolute Gasteiger partial charge is 0.323 e. The lowest BCUT2D eigenvalue weighted by atomic mass is 10.1. The summed E-state index contributed by atoms with van der Waals surface area (Å²) in [6.07, 6.45) is 0.916. The Labute approximate surface area is 143 Å². The number of fused-ring (bicyclic) bond motifs is 3. The van der Waals surface area contributed by atoms with Crippen LogP contribution in [0.4, 0.5) is 0 Å². The number of hydrogen-bond donors (Lipinski definition) is 1. The van der Waals surface area contributed by atoms with Gasteiger partial charge in [-0.1, -0.05) is 18.2 Å². The van der Waals surface area contributed by atoms with Crippen LogP contribution in [-0.2, 0) is 13.0 Å². The van der Waals surface area contributed by atoms with Crippen molar-refractivity contribution in [2.45, 2.75) is 19.9 Å². The van der Waals surface area contributed by atoms with Gasteiger partial charge in [-0.15, -0.1) is 11.3 Å². The van der Waals surface area contributed by atoms with Gasteiger partial charge >= 0.3 is 0 Å². The number of nitrogens with one attached hydrogen (secondary N) is 1. The van der Waals surface area contributed by atoms with Gasteiger partial charge in [0.15, 0.2) is 4.77 Å². The molecule has 0 saturated carbocycles. The molecule has 0 amide bonds. The highest BCUT2D eigenvalue weighted by Crippen LogP contribution is 2.32. The summed E-state index contributed by atoms with van der Waals surface area (Å²) in [5, 5.41) is 0.815. The predicted molar refractivity (Wildman–Crippen MR) is 97.4 cm³/mol. The van der Waals surface area contributed by atoms with Crippen LogP contribution in [0, 0.1) is 11.7 Å². The van der Waals surface area contributed by atoms with Crippen molar-refractivity contribution in [3.63, 3.8) is 0 Å². The number of H-pyrrole nitrogens is 1. The zero-order valence-corrected chi connectivity index (χ0v) is 14.7. The summed E-state index contributed by atoms with van der Waals surface area (Å²) >= 11 is 7.14. The number of aromatic amines is 1. The number of likely N-dealkylation sites (N-methyl/N-ethyl adjacent to an activating group) is 1. The number of nitrogens with zero attached hydrogens (tertiary/aromatic N) is 2. The summed E-state index contributed by atoms with van der Waals surface area (Å²) in [5.41, 5.74) is 3.09. The van der Waals surface area contributed by atoms with E-state index in [-0.39, 0.29) is 5.56 Å². The van der Waals surface area contributed by atoms with Gasteiger partial charge in [0.1, 0.15) is 4.83 Å². The quantitative estimate of drug-likeness (QED) is 0.689. The number of benzene rings is 1. The minimum Gasteiger partial charge on any atom is -0.323 e. The Balaban J connectivity index is 2.07. The van der Waals surface area contributed by atoms with E-state index in [2.05, 4.69) is 16.9 Å². The number of aromatic nitrogens is 2. The summed E-state index contributed by atoms with van der Waals surface area (Å²) in [6, 6.07) is 7.85. The fraction of sp³-hybridized carbons (Fsp3) is 0.294. The predicted octanol–water partition coefficient (Wildman–Crippen LogP) is 3.41. The minimum atomic E-state index is 0.0000954. The van der Waals surface area contributed by atoms with E-state index in [0.717, 1.165) is 41.0 Å². The maximum Gasteiger partial charge on any atom is 0.267 e. The molecule has 0 spiro atoms. The van der Waals surface area contributed by atoms with E-state index in [1.807, 2.05) is 31.2 Å². The summed E-state index contributed by atoms with van der Waals surface area (Å²) in [4.78, 5) is 20.9. The molecular formula is C17H17N3OS2. The van der Waals surface area contributed by atoms with Crippen LogP contribution in [0.1, 0.15) is 16.0 Å². The highest BCUT2D eigenvalue weighted by molar-refractivity contribution is 7.71. The van der Waals surface area contributed by atoms with E-state index in [4.69, 9.17) is 12.2 Å². The Bertz CT molecular complexity index is 1030. The Kier molecular flexibility index (Phi) is 3.48. The van der Waals surface area contributed by atoms with Crippen LogP contribution in [-0.4, -0.2) is 28.0 Å². The molecule has 6 heteroatoms. The lowest BCUT2D eigenvalue weighted by Crippen LogP contribution is -2.27. The molecule has 1 aromatic carbocycles. The molecule has 0 aliphatic carbocycles. The smallest absolute Gasteiger partial charge is 0.267 e. The Morgan fingerprint density at radius 3 is 2.87 bits per heavy atom. The Morgan fingerprint density at radius 1 is 1.30 bits per heavy atom. The molecule has 0 unspecified atom stereocenters.